The number of anilines is 1. The van der Waals surface area contributed by atoms with Crippen LogP contribution >= 0.6 is 0 Å². The first-order chi connectivity index (χ1) is 20.2. The third kappa shape index (κ3) is 6.47. The van der Waals surface area contributed by atoms with E-state index in [1.54, 1.807) is 24.5 Å². The summed E-state index contributed by atoms with van der Waals surface area (Å²) in [6.07, 6.45) is 7.15. The Hall–Kier alpha value is -5.03. The van der Waals surface area contributed by atoms with Crippen molar-refractivity contribution in [1.82, 2.24) is 20.6 Å². The van der Waals surface area contributed by atoms with E-state index < -0.39 is 5.41 Å². The van der Waals surface area contributed by atoms with Crippen LogP contribution in [0.3, 0.4) is 0 Å². The molecule has 212 valence electrons. The van der Waals surface area contributed by atoms with Crippen molar-refractivity contribution in [2.45, 2.75) is 58.0 Å². The largest absolute Gasteiger partial charge is 0.386 e. The molecule has 3 aromatic carbocycles. The Morgan fingerprint density at radius 2 is 1.95 bits per heavy atom. The van der Waals surface area contributed by atoms with Crippen molar-refractivity contribution in [2.24, 2.45) is 0 Å². The molecule has 0 spiro atoms. The maximum Gasteiger partial charge on any atom is 0.251 e. The Labute approximate surface area is 246 Å². The van der Waals surface area contributed by atoms with Crippen LogP contribution in [0.5, 0.6) is 0 Å². The molecule has 0 bridgehead atoms. The molecule has 1 atom stereocenters. The van der Waals surface area contributed by atoms with Gasteiger partial charge in [0.25, 0.3) is 5.91 Å². The van der Waals surface area contributed by atoms with E-state index in [9.17, 15) is 10.1 Å². The lowest BCUT2D eigenvalue weighted by Crippen LogP contribution is -2.27. The number of carbonyl (C=O) groups excluding carboxylic acids is 1. The zero-order valence-corrected chi connectivity index (χ0v) is 24.3. The van der Waals surface area contributed by atoms with Crippen molar-refractivity contribution in [1.29, 1.82) is 10.7 Å². The predicted octanol–water partition coefficient (Wildman–Crippen LogP) is 6.55. The van der Waals surface area contributed by atoms with E-state index >= 15 is 0 Å². The molecule has 4 N–H and O–H groups in total. The summed E-state index contributed by atoms with van der Waals surface area (Å²) in [5.41, 5.74) is 6.26. The third-order valence-electron chi connectivity index (χ3n) is 7.59. The van der Waals surface area contributed by atoms with Crippen molar-refractivity contribution < 1.29 is 4.79 Å². The lowest BCUT2D eigenvalue weighted by Gasteiger charge is -2.19. The molecule has 42 heavy (non-hydrogen) atoms. The number of fused-ring (bicyclic) bond motifs is 1. The Morgan fingerprint density at radius 1 is 1.14 bits per heavy atom. The first kappa shape index (κ1) is 28.5. The molecule has 1 aliphatic carbocycles. The average Bonchev–Trinajstić information content (AvgIpc) is 3.84. The maximum absolute atomic E-state index is 13.1. The van der Waals surface area contributed by atoms with Gasteiger partial charge >= 0.3 is 0 Å². The summed E-state index contributed by atoms with van der Waals surface area (Å²) in [5.74, 6) is 0.254. The van der Waals surface area contributed by atoms with Crippen molar-refractivity contribution in [3.05, 3.63) is 101 Å². The van der Waals surface area contributed by atoms with Crippen molar-refractivity contribution >= 4 is 29.0 Å². The van der Waals surface area contributed by atoms with Gasteiger partial charge in [-0.3, -0.25) is 4.79 Å². The zero-order chi connectivity index (χ0) is 29.9. The van der Waals surface area contributed by atoms with Gasteiger partial charge in [-0.1, -0.05) is 30.3 Å². The summed E-state index contributed by atoms with van der Waals surface area (Å²) in [4.78, 5) is 22.2. The number of nitrogens with zero attached hydrogens (tertiary/aromatic N) is 3. The molecule has 0 saturated heterocycles. The fraction of sp³-hybridized carbons (Fsp3) is 0.265. The lowest BCUT2D eigenvalue weighted by atomic mass is 9.85. The molecular formula is C34H35N7O. The molecule has 1 aromatic heterocycles. The Balaban J connectivity index is 1.33. The summed E-state index contributed by atoms with van der Waals surface area (Å²) in [7, 11) is 0. The Bertz CT molecular complexity index is 1730. The Morgan fingerprint density at radius 3 is 2.69 bits per heavy atom. The van der Waals surface area contributed by atoms with E-state index in [4.69, 9.17) is 5.41 Å². The van der Waals surface area contributed by atoms with Crippen LogP contribution in [-0.2, 0) is 5.41 Å². The standard InChI is InChI=1S/C34H35N7O/c1-21-8-9-23(22(2)39-32(42)25-6-5-7-27(15-25)34(3,4)20-36)16-30(21)24-10-13-31-26(14-24)18-38-33(41-31)40-29(17-35)19-37-28-11-12-28/h5-10,13-19,22,28,35,37H,11-12H2,1-4H3,(H,39,42)(H,38,40,41)/b29-19+,35-17?. The molecule has 5 rings (SSSR count). The fourth-order valence-corrected chi connectivity index (χ4v) is 4.66. The van der Waals surface area contributed by atoms with Gasteiger partial charge < -0.3 is 21.4 Å². The summed E-state index contributed by atoms with van der Waals surface area (Å²) in [5, 5.41) is 27.5. The molecule has 0 aliphatic heterocycles. The fourth-order valence-electron chi connectivity index (χ4n) is 4.66. The number of amides is 1. The van der Waals surface area contributed by atoms with E-state index in [0.29, 0.717) is 23.3 Å². The summed E-state index contributed by atoms with van der Waals surface area (Å²) >= 11 is 0. The van der Waals surface area contributed by atoms with Crippen LogP contribution in [0.2, 0.25) is 0 Å². The van der Waals surface area contributed by atoms with Crippen LogP contribution in [-0.4, -0.2) is 28.1 Å². The lowest BCUT2D eigenvalue weighted by molar-refractivity contribution is 0.0939. The molecular weight excluding hydrogens is 522 g/mol. The number of aromatic nitrogens is 2. The first-order valence-electron chi connectivity index (χ1n) is 14.1. The number of hydrogen-bond acceptors (Lipinski definition) is 7. The molecule has 0 radical (unpaired) electrons. The highest BCUT2D eigenvalue weighted by Gasteiger charge is 2.22. The number of rotatable bonds is 10. The number of hydrogen-bond donors (Lipinski definition) is 4. The van der Waals surface area contributed by atoms with Crippen LogP contribution in [0.15, 0.2) is 78.8 Å². The minimum Gasteiger partial charge on any atom is -0.386 e. The van der Waals surface area contributed by atoms with Gasteiger partial charge in [0, 0.05) is 35.6 Å². The second kappa shape index (κ2) is 11.8. The second-order valence-corrected chi connectivity index (χ2v) is 11.4. The summed E-state index contributed by atoms with van der Waals surface area (Å²) in [6.45, 7) is 7.72. The molecule has 1 fully saturated rings. The molecule has 8 nitrogen and oxygen atoms in total. The van der Waals surface area contributed by atoms with E-state index in [1.165, 1.54) is 6.21 Å². The number of allylic oxidation sites excluding steroid dienone is 1. The summed E-state index contributed by atoms with van der Waals surface area (Å²) < 4.78 is 0. The highest BCUT2D eigenvalue weighted by atomic mass is 16.1. The average molecular weight is 558 g/mol. The monoisotopic (exact) mass is 557 g/mol. The molecule has 4 aromatic rings. The Kier molecular flexibility index (Phi) is 8.03. The highest BCUT2D eigenvalue weighted by Crippen LogP contribution is 2.30. The smallest absolute Gasteiger partial charge is 0.251 e. The van der Waals surface area contributed by atoms with E-state index in [1.807, 2.05) is 51.1 Å². The van der Waals surface area contributed by atoms with Crippen LogP contribution < -0.4 is 16.0 Å². The predicted molar refractivity (Wildman–Crippen MR) is 167 cm³/mol. The van der Waals surface area contributed by atoms with Gasteiger partial charge in [-0.05, 0) is 98.7 Å². The van der Waals surface area contributed by atoms with Crippen molar-refractivity contribution in [3.63, 3.8) is 0 Å². The van der Waals surface area contributed by atoms with Gasteiger partial charge in [-0.25, -0.2) is 9.97 Å². The van der Waals surface area contributed by atoms with Gasteiger partial charge in [-0.15, -0.1) is 0 Å². The van der Waals surface area contributed by atoms with Gasteiger partial charge in [0.15, 0.2) is 0 Å². The highest BCUT2D eigenvalue weighted by molar-refractivity contribution is 5.94. The number of nitrogens with one attached hydrogen (secondary N) is 4. The van der Waals surface area contributed by atoms with Crippen LogP contribution in [0.1, 0.15) is 66.7 Å². The summed E-state index contributed by atoms with van der Waals surface area (Å²) in [6, 6.07) is 22.1. The molecule has 8 heteroatoms. The molecule has 1 saturated carbocycles. The van der Waals surface area contributed by atoms with Crippen LogP contribution in [0, 0.1) is 23.7 Å². The topological polar surface area (TPSA) is 127 Å². The third-order valence-corrected chi connectivity index (χ3v) is 7.59. The molecule has 1 amide bonds. The van der Waals surface area contributed by atoms with E-state index in [-0.39, 0.29) is 11.9 Å². The SMILES string of the molecule is Cc1ccc(C(C)NC(=O)c2cccc(C(C)(C)C#N)c2)cc1-c1ccc2nc(N/C(C=N)=C/NC3CC3)ncc2c1. The second-order valence-electron chi connectivity index (χ2n) is 11.4. The van der Waals surface area contributed by atoms with Crippen molar-refractivity contribution in [2.75, 3.05) is 5.32 Å². The molecule has 1 unspecified atom stereocenters. The molecule has 1 aliphatic rings. The normalized spacial score (nSPS) is 14.1. The minimum absolute atomic E-state index is 0.183. The van der Waals surface area contributed by atoms with Gasteiger partial charge in [-0.2, -0.15) is 5.26 Å². The number of nitriles is 1. The minimum atomic E-state index is -0.676. The van der Waals surface area contributed by atoms with Gasteiger partial charge in [0.2, 0.25) is 5.95 Å². The van der Waals surface area contributed by atoms with Crippen molar-refractivity contribution in [3.8, 4) is 17.2 Å². The number of aryl methyl sites for hydroxylation is 1. The van der Waals surface area contributed by atoms with E-state index in [0.717, 1.165) is 51.6 Å². The molecule has 1 heterocycles. The van der Waals surface area contributed by atoms with Gasteiger partial charge in [0.05, 0.1) is 28.7 Å². The first-order valence-corrected chi connectivity index (χ1v) is 14.1. The van der Waals surface area contributed by atoms with Gasteiger partial charge in [0.1, 0.15) is 0 Å². The zero-order valence-electron chi connectivity index (χ0n) is 24.3. The number of carbonyl (C=O) groups is 1. The number of benzene rings is 3. The van der Waals surface area contributed by atoms with E-state index in [2.05, 4.69) is 57.1 Å². The van der Waals surface area contributed by atoms with Crippen LogP contribution in [0.25, 0.3) is 22.0 Å². The van der Waals surface area contributed by atoms with Crippen LogP contribution in [0.4, 0.5) is 5.95 Å². The quantitative estimate of drug-likeness (QED) is 0.164. The maximum atomic E-state index is 13.1.